The van der Waals surface area contributed by atoms with Crippen LogP contribution in [0.4, 0.5) is 11.4 Å². The molecule has 2 aromatic rings. The fourth-order valence-corrected chi connectivity index (χ4v) is 4.02. The van der Waals surface area contributed by atoms with Gasteiger partial charge < -0.3 is 15.7 Å². The summed E-state index contributed by atoms with van der Waals surface area (Å²) in [5.74, 6) is 0.151. The molecule has 1 spiro atoms. The Labute approximate surface area is 140 Å². The summed E-state index contributed by atoms with van der Waals surface area (Å²) in [5, 5.41) is 19.7. The first-order valence-electron chi connectivity index (χ1n) is 8.52. The van der Waals surface area contributed by atoms with Crippen molar-refractivity contribution in [1.29, 1.82) is 0 Å². The van der Waals surface area contributed by atoms with E-state index in [9.17, 15) is 4.79 Å². The van der Waals surface area contributed by atoms with E-state index >= 15 is 0 Å². The zero-order chi connectivity index (χ0) is 16.6. The first-order valence-corrected chi connectivity index (χ1v) is 8.52. The van der Waals surface area contributed by atoms with Crippen LogP contribution in [-0.4, -0.2) is 33.4 Å². The molecule has 1 saturated carbocycles. The van der Waals surface area contributed by atoms with E-state index in [0.717, 1.165) is 42.6 Å². The highest BCUT2D eigenvalue weighted by atomic mass is 16.3. The van der Waals surface area contributed by atoms with Gasteiger partial charge in [-0.25, -0.2) is 0 Å². The van der Waals surface area contributed by atoms with Gasteiger partial charge in [0.25, 0.3) is 0 Å². The van der Waals surface area contributed by atoms with E-state index in [-0.39, 0.29) is 17.9 Å². The molecule has 6 heteroatoms. The summed E-state index contributed by atoms with van der Waals surface area (Å²) >= 11 is 0. The molecule has 0 radical (unpaired) electrons. The van der Waals surface area contributed by atoms with Gasteiger partial charge in [0.1, 0.15) is 0 Å². The molecule has 6 nitrogen and oxygen atoms in total. The zero-order valence-corrected chi connectivity index (χ0v) is 13.5. The van der Waals surface area contributed by atoms with Crippen molar-refractivity contribution in [1.82, 2.24) is 9.78 Å². The monoisotopic (exact) mass is 326 g/mol. The van der Waals surface area contributed by atoms with Crippen molar-refractivity contribution in [2.45, 2.75) is 43.7 Å². The van der Waals surface area contributed by atoms with E-state index in [1.807, 2.05) is 24.4 Å². The number of nitrogens with zero attached hydrogens (tertiary/aromatic N) is 2. The third-order valence-electron chi connectivity index (χ3n) is 5.30. The number of hydrogen-bond acceptors (Lipinski definition) is 4. The third-order valence-corrected chi connectivity index (χ3v) is 5.30. The van der Waals surface area contributed by atoms with Gasteiger partial charge in [-0.1, -0.05) is 18.2 Å². The van der Waals surface area contributed by atoms with Crippen molar-refractivity contribution in [2.75, 3.05) is 17.2 Å². The van der Waals surface area contributed by atoms with Gasteiger partial charge in [-0.3, -0.25) is 9.48 Å². The third kappa shape index (κ3) is 2.47. The van der Waals surface area contributed by atoms with E-state index < -0.39 is 0 Å². The molecular formula is C18H22N4O2. The number of carbonyl (C=O) groups is 1. The maximum Gasteiger partial charge on any atom is 0.235 e. The maximum atomic E-state index is 12.6. The van der Waals surface area contributed by atoms with Gasteiger partial charge in [0.05, 0.1) is 30.5 Å². The van der Waals surface area contributed by atoms with E-state index in [2.05, 4.69) is 21.8 Å². The Balaban J connectivity index is 1.44. The van der Waals surface area contributed by atoms with Gasteiger partial charge >= 0.3 is 0 Å². The van der Waals surface area contributed by atoms with Gasteiger partial charge in [-0.05, 0) is 37.3 Å². The number of amides is 1. The molecule has 0 atom stereocenters. The van der Waals surface area contributed by atoms with E-state index in [4.69, 9.17) is 5.11 Å². The van der Waals surface area contributed by atoms with Crippen LogP contribution in [0.1, 0.15) is 31.2 Å². The zero-order valence-electron chi connectivity index (χ0n) is 13.5. The number of carbonyl (C=O) groups excluding carboxylic acids is 1. The van der Waals surface area contributed by atoms with Gasteiger partial charge in [-0.2, -0.15) is 5.10 Å². The maximum absolute atomic E-state index is 12.6. The summed E-state index contributed by atoms with van der Waals surface area (Å²) in [4.78, 5) is 12.6. The molecule has 2 aliphatic rings. The summed E-state index contributed by atoms with van der Waals surface area (Å²) in [6, 6.07) is 8.40. The van der Waals surface area contributed by atoms with Crippen molar-refractivity contribution < 1.29 is 9.90 Å². The van der Waals surface area contributed by atoms with Crippen LogP contribution in [0, 0.1) is 0 Å². The van der Waals surface area contributed by atoms with Crippen LogP contribution >= 0.6 is 0 Å². The van der Waals surface area contributed by atoms with Crippen LogP contribution in [-0.2, 0) is 16.8 Å². The normalized spacial score (nSPS) is 25.5. The average molecular weight is 326 g/mol. The number of benzene rings is 1. The molecule has 1 aromatic heterocycles. The molecule has 24 heavy (non-hydrogen) atoms. The lowest BCUT2D eigenvalue weighted by Gasteiger charge is -2.36. The molecule has 1 fully saturated rings. The Bertz CT molecular complexity index is 747. The topological polar surface area (TPSA) is 79.2 Å². The van der Waals surface area contributed by atoms with Crippen LogP contribution < -0.4 is 10.6 Å². The summed E-state index contributed by atoms with van der Waals surface area (Å²) in [6.45, 7) is 0.591. The molecule has 2 heterocycles. The van der Waals surface area contributed by atoms with Crippen molar-refractivity contribution in [2.24, 2.45) is 0 Å². The number of aliphatic hydroxyl groups excluding tert-OH is 1. The molecule has 0 bridgehead atoms. The van der Waals surface area contributed by atoms with Crippen molar-refractivity contribution in [3.63, 3.8) is 0 Å². The molecule has 1 aliphatic carbocycles. The Morgan fingerprint density at radius 1 is 1.33 bits per heavy atom. The van der Waals surface area contributed by atoms with E-state index in [1.54, 1.807) is 10.9 Å². The fourth-order valence-electron chi connectivity index (χ4n) is 4.02. The lowest BCUT2D eigenvalue weighted by Crippen LogP contribution is -2.41. The Morgan fingerprint density at radius 3 is 2.92 bits per heavy atom. The quantitative estimate of drug-likeness (QED) is 0.804. The second-order valence-electron chi connectivity index (χ2n) is 6.72. The van der Waals surface area contributed by atoms with Crippen LogP contribution in [0.5, 0.6) is 0 Å². The first-order chi connectivity index (χ1) is 11.7. The highest BCUT2D eigenvalue weighted by Gasteiger charge is 2.48. The minimum Gasteiger partial charge on any atom is -0.394 e. The first kappa shape index (κ1) is 15.2. The largest absolute Gasteiger partial charge is 0.394 e. The van der Waals surface area contributed by atoms with E-state index in [1.165, 1.54) is 0 Å². The highest BCUT2D eigenvalue weighted by molar-refractivity contribution is 6.06. The highest BCUT2D eigenvalue weighted by Crippen LogP contribution is 2.47. The predicted octanol–water partition coefficient (Wildman–Crippen LogP) is 2.12. The number of hydrogen-bond donors (Lipinski definition) is 3. The van der Waals surface area contributed by atoms with Crippen molar-refractivity contribution in [3.8, 4) is 0 Å². The van der Waals surface area contributed by atoms with Crippen LogP contribution in [0.2, 0.25) is 0 Å². The van der Waals surface area contributed by atoms with Crippen LogP contribution in [0.3, 0.4) is 0 Å². The standard InChI is InChI=1S/C18H22N4O2/c23-10-9-22-12-14(11-19-22)20-13-5-7-18(8-6-13)15-3-1-2-4-16(15)21-17(18)24/h1-4,11-13,20,23H,5-10H2,(H,21,24). The van der Waals surface area contributed by atoms with Crippen molar-refractivity contribution in [3.05, 3.63) is 42.2 Å². The fraction of sp³-hybridized carbons (Fsp3) is 0.444. The lowest BCUT2D eigenvalue weighted by atomic mass is 9.69. The lowest BCUT2D eigenvalue weighted by molar-refractivity contribution is -0.122. The molecule has 1 aliphatic heterocycles. The number of anilines is 2. The summed E-state index contributed by atoms with van der Waals surface area (Å²) in [6.07, 6.45) is 7.33. The number of para-hydroxylation sites is 1. The minimum atomic E-state index is -0.351. The average Bonchev–Trinajstić information content (AvgIpc) is 3.14. The summed E-state index contributed by atoms with van der Waals surface area (Å²) in [5.41, 5.74) is 2.75. The Morgan fingerprint density at radius 2 is 2.12 bits per heavy atom. The van der Waals surface area contributed by atoms with Crippen LogP contribution in [0.15, 0.2) is 36.7 Å². The SMILES string of the molecule is O=C1Nc2ccccc2C12CCC(Nc1cnn(CCO)c1)CC2. The second kappa shape index (κ2) is 5.94. The number of aliphatic hydroxyl groups is 1. The van der Waals surface area contributed by atoms with Crippen LogP contribution in [0.25, 0.3) is 0 Å². The molecule has 1 aromatic carbocycles. The van der Waals surface area contributed by atoms with Crippen molar-refractivity contribution >= 4 is 17.3 Å². The molecule has 1 amide bonds. The molecule has 3 N–H and O–H groups in total. The Hall–Kier alpha value is -2.34. The van der Waals surface area contributed by atoms with E-state index in [0.29, 0.717) is 12.6 Å². The molecule has 126 valence electrons. The predicted molar refractivity (Wildman–Crippen MR) is 91.9 cm³/mol. The van der Waals surface area contributed by atoms with Gasteiger partial charge in [-0.15, -0.1) is 0 Å². The van der Waals surface area contributed by atoms with Gasteiger partial charge in [0.15, 0.2) is 0 Å². The minimum absolute atomic E-state index is 0.0849. The molecule has 0 saturated heterocycles. The van der Waals surface area contributed by atoms with Gasteiger partial charge in [0, 0.05) is 17.9 Å². The molecule has 0 unspecified atom stereocenters. The molecule has 4 rings (SSSR count). The molecular weight excluding hydrogens is 304 g/mol. The smallest absolute Gasteiger partial charge is 0.235 e. The summed E-state index contributed by atoms with van der Waals surface area (Å²) < 4.78 is 1.73. The van der Waals surface area contributed by atoms with Gasteiger partial charge in [0.2, 0.25) is 5.91 Å². The Kier molecular flexibility index (Phi) is 3.76. The number of rotatable bonds is 4. The second-order valence-corrected chi connectivity index (χ2v) is 6.72. The number of nitrogens with one attached hydrogen (secondary N) is 2. The number of fused-ring (bicyclic) bond motifs is 2. The number of aromatic nitrogens is 2. The summed E-state index contributed by atoms with van der Waals surface area (Å²) in [7, 11) is 0.